The Bertz CT molecular complexity index is 1170. The number of nitrogens with zero attached hydrogens (tertiary/aromatic N) is 3. The van der Waals surface area contributed by atoms with Gasteiger partial charge in [0, 0.05) is 11.8 Å². The quantitative estimate of drug-likeness (QED) is 0.325. The summed E-state index contributed by atoms with van der Waals surface area (Å²) in [4.78, 5) is 17.1. The SMILES string of the molecule is Cc1c(C(=O)C=Cc2ccccc2OCc2ccccn2)cnn1-c1ccccc1. The number of hydrogen-bond acceptors (Lipinski definition) is 4. The molecule has 0 fully saturated rings. The van der Waals surface area contributed by atoms with Crippen molar-refractivity contribution in [1.82, 2.24) is 14.8 Å². The van der Waals surface area contributed by atoms with Gasteiger partial charge in [-0.15, -0.1) is 0 Å². The largest absolute Gasteiger partial charge is 0.487 e. The number of pyridine rings is 1. The number of ketones is 1. The maximum Gasteiger partial charge on any atom is 0.189 e. The molecule has 148 valence electrons. The Morgan fingerprint density at radius 2 is 1.77 bits per heavy atom. The van der Waals surface area contributed by atoms with E-state index in [1.807, 2.05) is 79.7 Å². The predicted octanol–water partition coefficient (Wildman–Crippen LogP) is 5.05. The summed E-state index contributed by atoms with van der Waals surface area (Å²) in [5, 5.41) is 4.37. The van der Waals surface area contributed by atoms with Crippen LogP contribution in [-0.2, 0) is 6.61 Å². The van der Waals surface area contributed by atoms with Crippen LogP contribution < -0.4 is 4.74 Å². The molecule has 0 radical (unpaired) electrons. The van der Waals surface area contributed by atoms with Crippen molar-refractivity contribution in [3.8, 4) is 11.4 Å². The first-order chi connectivity index (χ1) is 14.7. The maximum absolute atomic E-state index is 12.8. The predicted molar refractivity (Wildman–Crippen MR) is 117 cm³/mol. The third-order valence-electron chi connectivity index (χ3n) is 4.71. The molecule has 30 heavy (non-hydrogen) atoms. The van der Waals surface area contributed by atoms with Crippen LogP contribution in [0.5, 0.6) is 5.75 Å². The molecule has 0 aliphatic carbocycles. The lowest BCUT2D eigenvalue weighted by molar-refractivity contribution is 0.104. The second kappa shape index (κ2) is 9.01. The molecule has 0 atom stereocenters. The standard InChI is InChI=1S/C25H21N3O2/c1-19-23(17-27-28(19)22-11-3-2-4-12-22)24(29)15-14-20-9-5-6-13-25(20)30-18-21-10-7-8-16-26-21/h2-17H,18H2,1H3. The van der Waals surface area contributed by atoms with E-state index in [2.05, 4.69) is 10.1 Å². The Morgan fingerprint density at radius 1 is 1.00 bits per heavy atom. The molecule has 0 bridgehead atoms. The fourth-order valence-electron chi connectivity index (χ4n) is 3.12. The van der Waals surface area contributed by atoms with Crippen LogP contribution in [0.25, 0.3) is 11.8 Å². The Balaban J connectivity index is 1.51. The molecule has 5 heteroatoms. The Labute approximate surface area is 175 Å². The maximum atomic E-state index is 12.8. The van der Waals surface area contributed by atoms with E-state index in [0.29, 0.717) is 17.9 Å². The van der Waals surface area contributed by atoms with Gasteiger partial charge in [0.2, 0.25) is 0 Å². The van der Waals surface area contributed by atoms with Crippen LogP contribution in [0, 0.1) is 6.92 Å². The van der Waals surface area contributed by atoms with Gasteiger partial charge in [-0.05, 0) is 49.4 Å². The molecule has 2 heterocycles. The molecule has 0 spiro atoms. The minimum absolute atomic E-state index is 0.103. The van der Waals surface area contributed by atoms with E-state index in [9.17, 15) is 4.79 Å². The fraction of sp³-hybridized carbons (Fsp3) is 0.0800. The molecule has 2 aromatic heterocycles. The normalized spacial score (nSPS) is 11.0. The average molecular weight is 395 g/mol. The third kappa shape index (κ3) is 4.36. The van der Waals surface area contributed by atoms with E-state index in [1.165, 1.54) is 0 Å². The van der Waals surface area contributed by atoms with Crippen molar-refractivity contribution < 1.29 is 9.53 Å². The third-order valence-corrected chi connectivity index (χ3v) is 4.71. The Hall–Kier alpha value is -3.99. The zero-order chi connectivity index (χ0) is 20.8. The lowest BCUT2D eigenvalue weighted by Crippen LogP contribution is -2.01. The van der Waals surface area contributed by atoms with Crippen LogP contribution in [0.1, 0.15) is 27.3 Å². The van der Waals surface area contributed by atoms with Crippen LogP contribution in [0.2, 0.25) is 0 Å². The van der Waals surface area contributed by atoms with Crippen LogP contribution in [-0.4, -0.2) is 20.5 Å². The highest BCUT2D eigenvalue weighted by Crippen LogP contribution is 2.21. The van der Waals surface area contributed by atoms with Crippen molar-refractivity contribution in [3.05, 3.63) is 114 Å². The summed E-state index contributed by atoms with van der Waals surface area (Å²) in [7, 11) is 0. The first kappa shape index (κ1) is 19.3. The molecule has 0 aliphatic heterocycles. The van der Waals surface area contributed by atoms with E-state index < -0.39 is 0 Å². The monoisotopic (exact) mass is 395 g/mol. The Morgan fingerprint density at radius 3 is 2.57 bits per heavy atom. The molecule has 0 N–H and O–H groups in total. The second-order valence-electron chi connectivity index (χ2n) is 6.74. The molecule has 0 aliphatic rings. The number of aromatic nitrogens is 3. The number of benzene rings is 2. The van der Waals surface area contributed by atoms with Gasteiger partial charge in [-0.2, -0.15) is 5.10 Å². The van der Waals surface area contributed by atoms with Crippen LogP contribution in [0.4, 0.5) is 0 Å². The van der Waals surface area contributed by atoms with E-state index >= 15 is 0 Å². The molecule has 4 rings (SSSR count). The van der Waals surface area contributed by atoms with Gasteiger partial charge in [-0.25, -0.2) is 4.68 Å². The van der Waals surface area contributed by atoms with Gasteiger partial charge in [0.25, 0.3) is 0 Å². The number of hydrogen-bond donors (Lipinski definition) is 0. The first-order valence-electron chi connectivity index (χ1n) is 9.66. The van der Waals surface area contributed by atoms with E-state index in [-0.39, 0.29) is 5.78 Å². The zero-order valence-electron chi connectivity index (χ0n) is 16.6. The van der Waals surface area contributed by atoms with Crippen LogP contribution in [0.15, 0.2) is 91.3 Å². The number of allylic oxidation sites excluding steroid dienone is 1. The summed E-state index contributed by atoms with van der Waals surface area (Å²) in [5.74, 6) is 0.595. The van der Waals surface area contributed by atoms with Gasteiger partial charge < -0.3 is 4.74 Å². The Kier molecular flexibility index (Phi) is 5.80. The minimum Gasteiger partial charge on any atom is -0.487 e. The lowest BCUT2D eigenvalue weighted by atomic mass is 10.1. The summed E-state index contributed by atoms with van der Waals surface area (Å²) in [6.07, 6.45) is 6.68. The molecule has 0 amide bonds. The first-order valence-corrected chi connectivity index (χ1v) is 9.66. The van der Waals surface area contributed by atoms with Gasteiger partial charge in [0.05, 0.1) is 28.8 Å². The van der Waals surface area contributed by atoms with E-state index in [0.717, 1.165) is 22.6 Å². The molecule has 2 aromatic carbocycles. The summed E-state index contributed by atoms with van der Waals surface area (Å²) in [6.45, 7) is 2.26. The average Bonchev–Trinajstić information content (AvgIpc) is 3.19. The lowest BCUT2D eigenvalue weighted by Gasteiger charge is -2.08. The highest BCUT2D eigenvalue weighted by molar-refractivity contribution is 6.07. The second-order valence-corrected chi connectivity index (χ2v) is 6.74. The van der Waals surface area contributed by atoms with Crippen molar-refractivity contribution in [2.24, 2.45) is 0 Å². The van der Waals surface area contributed by atoms with Gasteiger partial charge in [-0.3, -0.25) is 9.78 Å². The highest BCUT2D eigenvalue weighted by atomic mass is 16.5. The molecule has 4 aromatic rings. The molecular formula is C25H21N3O2. The summed E-state index contributed by atoms with van der Waals surface area (Å²) >= 11 is 0. The summed E-state index contributed by atoms with van der Waals surface area (Å²) in [6, 6.07) is 23.1. The number of carbonyl (C=O) groups excluding carboxylic acids is 1. The smallest absolute Gasteiger partial charge is 0.189 e. The summed E-state index contributed by atoms with van der Waals surface area (Å²) in [5.41, 5.74) is 3.97. The topological polar surface area (TPSA) is 57.0 Å². The van der Waals surface area contributed by atoms with E-state index in [4.69, 9.17) is 4.74 Å². The molecule has 0 unspecified atom stereocenters. The van der Waals surface area contributed by atoms with Crippen molar-refractivity contribution in [2.45, 2.75) is 13.5 Å². The molecule has 5 nitrogen and oxygen atoms in total. The number of ether oxygens (including phenoxy) is 1. The molecule has 0 saturated carbocycles. The highest BCUT2D eigenvalue weighted by Gasteiger charge is 2.13. The van der Waals surface area contributed by atoms with Gasteiger partial charge >= 0.3 is 0 Å². The number of carbonyl (C=O) groups is 1. The van der Waals surface area contributed by atoms with Gasteiger partial charge in [0.1, 0.15) is 12.4 Å². The zero-order valence-corrected chi connectivity index (χ0v) is 16.6. The molecule has 0 saturated heterocycles. The fourth-order valence-corrected chi connectivity index (χ4v) is 3.12. The molecular weight excluding hydrogens is 374 g/mol. The van der Waals surface area contributed by atoms with Crippen molar-refractivity contribution >= 4 is 11.9 Å². The van der Waals surface area contributed by atoms with Crippen molar-refractivity contribution in [3.63, 3.8) is 0 Å². The minimum atomic E-state index is -0.103. The van der Waals surface area contributed by atoms with Crippen molar-refractivity contribution in [1.29, 1.82) is 0 Å². The van der Waals surface area contributed by atoms with Crippen molar-refractivity contribution in [2.75, 3.05) is 0 Å². The number of para-hydroxylation sites is 2. The van der Waals surface area contributed by atoms with Gasteiger partial charge in [-0.1, -0.05) is 42.5 Å². The van der Waals surface area contributed by atoms with Crippen LogP contribution >= 0.6 is 0 Å². The van der Waals surface area contributed by atoms with E-state index in [1.54, 1.807) is 29.2 Å². The van der Waals surface area contributed by atoms with Crippen LogP contribution in [0.3, 0.4) is 0 Å². The number of rotatable bonds is 7. The summed E-state index contributed by atoms with van der Waals surface area (Å²) < 4.78 is 7.67. The van der Waals surface area contributed by atoms with Gasteiger partial charge in [0.15, 0.2) is 5.78 Å².